The predicted octanol–water partition coefficient (Wildman–Crippen LogP) is 15.0. The maximum atomic E-state index is 6.33. The fraction of sp³-hybridized carbons (Fsp3) is 0.842. The van der Waals surface area contributed by atoms with Gasteiger partial charge >= 0.3 is 19.5 Å². The monoisotopic (exact) mass is 750 g/mol. The summed E-state index contributed by atoms with van der Waals surface area (Å²) in [6, 6.07) is 10.4. The average Bonchev–Trinajstić information content (AvgIpc) is 3.01. The molecule has 0 aromatic heterocycles. The molecule has 0 aliphatic carbocycles. The van der Waals surface area contributed by atoms with Crippen molar-refractivity contribution in [2.75, 3.05) is 13.2 Å². The van der Waals surface area contributed by atoms with Crippen LogP contribution >= 0.6 is 17.1 Å². The Hall–Kier alpha value is 1.11. The fourth-order valence-corrected chi connectivity index (χ4v) is 10.2. The van der Waals surface area contributed by atoms with Crippen LogP contribution < -0.4 is 0 Å². The van der Waals surface area contributed by atoms with Crippen LogP contribution in [-0.2, 0) is 53.8 Å². The van der Waals surface area contributed by atoms with Crippen molar-refractivity contribution in [2.45, 2.75) is 199 Å². The molecule has 1 aromatic carbocycles. The van der Waals surface area contributed by atoms with E-state index in [-0.39, 0.29) is 33.0 Å². The molecular formula is C38H71O2PS3Zn. The molecule has 0 radical (unpaired) electrons. The van der Waals surface area contributed by atoms with Gasteiger partial charge in [0.25, 0.3) is 5.69 Å². The zero-order valence-corrected chi connectivity index (χ0v) is 36.1. The van der Waals surface area contributed by atoms with E-state index in [1.54, 1.807) is 11.4 Å². The Morgan fingerprint density at radius 1 is 0.467 bits per heavy atom. The minimum Gasteiger partial charge on any atom is -2.00 e. The molecule has 1 rings (SSSR count). The third-order valence-electron chi connectivity index (χ3n) is 8.46. The molecule has 0 amide bonds. The van der Waals surface area contributed by atoms with Gasteiger partial charge in [0, 0.05) is 4.90 Å². The molecule has 0 saturated heterocycles. The van der Waals surface area contributed by atoms with Crippen LogP contribution in [0.4, 0.5) is 0 Å². The molecule has 0 atom stereocenters. The Balaban J connectivity index is 0. The molecule has 0 unspecified atom stereocenters. The average molecular weight is 753 g/mol. The van der Waals surface area contributed by atoms with E-state index >= 15 is 0 Å². The van der Waals surface area contributed by atoms with Crippen molar-refractivity contribution in [3.63, 3.8) is 0 Å². The smallest absolute Gasteiger partial charge is 2.00 e. The first-order valence-electron chi connectivity index (χ1n) is 18.8. The second-order valence-electron chi connectivity index (χ2n) is 12.7. The molecule has 7 heteroatoms. The number of benzene rings is 1. The van der Waals surface area contributed by atoms with Gasteiger partial charge in [0.15, 0.2) is 0 Å². The fourth-order valence-electron chi connectivity index (χ4n) is 5.65. The van der Waals surface area contributed by atoms with Crippen molar-refractivity contribution in [1.29, 1.82) is 0 Å². The van der Waals surface area contributed by atoms with E-state index in [2.05, 4.69) is 44.2 Å². The quantitative estimate of drug-likeness (QED) is 0.0396. The van der Waals surface area contributed by atoms with Gasteiger partial charge in [0.2, 0.25) is 0 Å². The summed E-state index contributed by atoms with van der Waals surface area (Å²) in [5.74, 6) is 0. The van der Waals surface area contributed by atoms with E-state index in [1.165, 1.54) is 167 Å². The molecule has 0 N–H and O–H groups in total. The van der Waals surface area contributed by atoms with E-state index in [9.17, 15) is 0 Å². The molecule has 0 heterocycles. The Kier molecular flexibility index (Phi) is 40.6. The van der Waals surface area contributed by atoms with Gasteiger partial charge in [0.1, 0.15) is 0 Å². The van der Waals surface area contributed by atoms with E-state index in [0.717, 1.165) is 31.0 Å². The molecule has 0 aliphatic rings. The molecule has 260 valence electrons. The zero-order chi connectivity index (χ0) is 30.9. The molecule has 2 nitrogen and oxygen atoms in total. The summed E-state index contributed by atoms with van der Waals surface area (Å²) in [4.78, 5) is 1.16. The molecule has 45 heavy (non-hydrogen) atoms. The third kappa shape index (κ3) is 33.4. The van der Waals surface area contributed by atoms with Crippen molar-refractivity contribution < 1.29 is 28.5 Å². The van der Waals surface area contributed by atoms with E-state index in [4.69, 9.17) is 20.9 Å². The normalized spacial score (nSPS) is 11.3. The molecule has 0 saturated carbocycles. The van der Waals surface area contributed by atoms with Gasteiger partial charge in [-0.15, -0.1) is 0 Å². The minimum atomic E-state index is -2.36. The largest absolute Gasteiger partial charge is 2.00 e. The van der Waals surface area contributed by atoms with Gasteiger partial charge in [-0.3, -0.25) is 0 Å². The Morgan fingerprint density at radius 3 is 1.02 bits per heavy atom. The number of hydrogen-bond donors (Lipinski definition) is 0. The summed E-state index contributed by atoms with van der Waals surface area (Å²) >= 11 is 7.66. The summed E-state index contributed by atoms with van der Waals surface area (Å²) in [5, 5.41) is 0. The van der Waals surface area contributed by atoms with Crippen LogP contribution in [0.15, 0.2) is 35.2 Å². The van der Waals surface area contributed by atoms with Crippen LogP contribution in [0.3, 0.4) is 0 Å². The van der Waals surface area contributed by atoms with E-state index in [0.29, 0.717) is 0 Å². The van der Waals surface area contributed by atoms with Crippen molar-refractivity contribution >= 4 is 42.4 Å². The SMILES string of the molecule is CCCCCCCCCCCCCCCCOP(=S)(OCCCCCCCCCCCCCCCC)Sc1ccccc1.[S-2].[Zn+2]. The summed E-state index contributed by atoms with van der Waals surface area (Å²) in [7, 11) is 0. The minimum absolute atomic E-state index is 0. The Labute approximate surface area is 311 Å². The first-order valence-corrected chi connectivity index (χ1v) is 22.9. The maximum absolute atomic E-state index is 6.33. The van der Waals surface area contributed by atoms with Gasteiger partial charge in [-0.25, -0.2) is 0 Å². The summed E-state index contributed by atoms with van der Waals surface area (Å²) in [6.45, 7) is 6.05. The van der Waals surface area contributed by atoms with Crippen LogP contribution in [0.2, 0.25) is 0 Å². The number of rotatable bonds is 34. The van der Waals surface area contributed by atoms with Gasteiger partial charge in [-0.1, -0.05) is 199 Å². The van der Waals surface area contributed by atoms with Gasteiger partial charge in [-0.05, 0) is 48.2 Å². The predicted molar refractivity (Wildman–Crippen MR) is 206 cm³/mol. The molecule has 0 fully saturated rings. The second kappa shape index (κ2) is 37.9. The van der Waals surface area contributed by atoms with Crippen LogP contribution in [-0.4, -0.2) is 13.2 Å². The van der Waals surface area contributed by atoms with Crippen LogP contribution in [0.25, 0.3) is 0 Å². The maximum Gasteiger partial charge on any atom is 2.00 e. The van der Waals surface area contributed by atoms with Gasteiger partial charge in [-0.2, -0.15) is 0 Å². The summed E-state index contributed by atoms with van der Waals surface area (Å²) in [6.07, 6.45) is 38.4. The van der Waals surface area contributed by atoms with Gasteiger partial charge in [0.05, 0.1) is 13.2 Å². The Morgan fingerprint density at radius 2 is 0.733 bits per heavy atom. The zero-order valence-electron chi connectivity index (χ0n) is 29.8. The van der Waals surface area contributed by atoms with Crippen LogP contribution in [0.5, 0.6) is 0 Å². The van der Waals surface area contributed by atoms with E-state index < -0.39 is 5.69 Å². The molecule has 1 aromatic rings. The first-order chi connectivity index (χ1) is 21.2. The van der Waals surface area contributed by atoms with E-state index in [1.807, 2.05) is 0 Å². The summed E-state index contributed by atoms with van der Waals surface area (Å²) in [5.41, 5.74) is -2.36. The van der Waals surface area contributed by atoms with Crippen molar-refractivity contribution in [1.82, 2.24) is 0 Å². The second-order valence-corrected chi connectivity index (χ2v) is 18.9. The number of hydrogen-bond acceptors (Lipinski definition) is 4. The van der Waals surface area contributed by atoms with Crippen molar-refractivity contribution in [3.05, 3.63) is 30.3 Å². The summed E-state index contributed by atoms with van der Waals surface area (Å²) < 4.78 is 12.7. The molecule has 0 spiro atoms. The first kappa shape index (κ1) is 48.2. The topological polar surface area (TPSA) is 18.5 Å². The molecule has 0 bridgehead atoms. The number of unbranched alkanes of at least 4 members (excludes halogenated alkanes) is 26. The Bertz CT molecular complexity index is 703. The standard InChI is InChI=1S/C38H71O2PS2.S.Zn/c1-3-5-7-9-11-13-15-17-19-21-23-25-27-32-36-39-41(42,43-38-34-30-29-31-35-38)40-37-33-28-26-24-22-20-18-16-14-12-10-8-6-4-2;;/h29-31,34-35H,3-28,32-33,36-37H2,1-2H3;;/q;-2;+2. The third-order valence-corrected chi connectivity index (χ3v) is 13.4. The van der Waals surface area contributed by atoms with Crippen molar-refractivity contribution in [2.24, 2.45) is 0 Å². The molecular weight excluding hydrogens is 681 g/mol. The molecule has 0 aliphatic heterocycles. The van der Waals surface area contributed by atoms with Crippen LogP contribution in [0, 0.1) is 0 Å². The van der Waals surface area contributed by atoms with Crippen LogP contribution in [0.1, 0.15) is 194 Å². The van der Waals surface area contributed by atoms with Crippen molar-refractivity contribution in [3.8, 4) is 0 Å². The van der Waals surface area contributed by atoms with Gasteiger partial charge < -0.3 is 22.5 Å².